The molecule has 0 radical (unpaired) electrons. The van der Waals surface area contributed by atoms with Gasteiger partial charge in [-0.05, 0) is 36.4 Å². The number of amides is 3. The molecule has 1 aliphatic heterocycles. The van der Waals surface area contributed by atoms with Crippen LogP contribution in [-0.2, 0) is 17.8 Å². The Morgan fingerprint density at radius 3 is 2.87 bits per heavy atom. The molecule has 0 bridgehead atoms. The first-order chi connectivity index (χ1) is 11.1. The van der Waals surface area contributed by atoms with Gasteiger partial charge in [-0.25, -0.2) is 4.79 Å². The quantitative estimate of drug-likeness (QED) is 0.906. The number of imide groups is 1. The number of thiophene rings is 1. The molecule has 6 heteroatoms. The molecule has 3 rings (SSSR count). The Labute approximate surface area is 139 Å². The zero-order chi connectivity index (χ0) is 16.2. The highest BCUT2D eigenvalue weighted by atomic mass is 32.1. The van der Waals surface area contributed by atoms with Crippen LogP contribution >= 0.6 is 11.3 Å². The largest absolute Gasteiger partial charge is 0.359 e. The molecule has 0 aliphatic carbocycles. The van der Waals surface area contributed by atoms with Gasteiger partial charge in [0.25, 0.3) is 0 Å². The maximum absolute atomic E-state index is 12.1. The summed E-state index contributed by atoms with van der Waals surface area (Å²) < 4.78 is 0. The van der Waals surface area contributed by atoms with E-state index in [0.29, 0.717) is 6.54 Å². The lowest BCUT2D eigenvalue weighted by Gasteiger charge is -2.23. The smallest absolute Gasteiger partial charge is 0.321 e. The Balaban J connectivity index is 1.52. The fourth-order valence-electron chi connectivity index (χ4n) is 2.82. The van der Waals surface area contributed by atoms with Gasteiger partial charge in [0.1, 0.15) is 0 Å². The van der Waals surface area contributed by atoms with Crippen LogP contribution in [0.3, 0.4) is 0 Å². The molecule has 1 aromatic carbocycles. The molecular weight excluding hydrogens is 310 g/mol. The van der Waals surface area contributed by atoms with E-state index in [4.69, 9.17) is 0 Å². The normalized spacial score (nSPS) is 16.0. The third-order valence-corrected chi connectivity index (χ3v) is 4.79. The molecule has 0 fully saturated rings. The van der Waals surface area contributed by atoms with Crippen molar-refractivity contribution in [2.75, 3.05) is 11.4 Å². The molecule has 2 aromatic rings. The maximum atomic E-state index is 12.1. The summed E-state index contributed by atoms with van der Waals surface area (Å²) in [7, 11) is 0. The van der Waals surface area contributed by atoms with Crippen molar-refractivity contribution < 1.29 is 9.59 Å². The van der Waals surface area contributed by atoms with Gasteiger partial charge in [0.05, 0.1) is 13.1 Å². The lowest BCUT2D eigenvalue weighted by atomic mass is 10.1. The fraction of sp³-hybridized carbons (Fsp3) is 0.294. The average molecular weight is 329 g/mol. The highest BCUT2D eigenvalue weighted by Gasteiger charge is 2.27. The van der Waals surface area contributed by atoms with Crippen LogP contribution in [-0.4, -0.2) is 24.5 Å². The lowest BCUT2D eigenvalue weighted by Crippen LogP contribution is -2.45. The van der Waals surface area contributed by atoms with Crippen molar-refractivity contribution in [2.45, 2.75) is 25.9 Å². The van der Waals surface area contributed by atoms with Crippen molar-refractivity contribution in [3.05, 3.63) is 52.2 Å². The molecule has 0 saturated heterocycles. The van der Waals surface area contributed by atoms with Crippen LogP contribution in [0.2, 0.25) is 0 Å². The molecule has 1 aromatic heterocycles. The van der Waals surface area contributed by atoms with Crippen molar-refractivity contribution in [1.29, 1.82) is 0 Å². The number of hydrogen-bond donors (Lipinski definition) is 2. The van der Waals surface area contributed by atoms with Gasteiger partial charge in [-0.3, -0.25) is 10.1 Å². The molecule has 0 saturated carbocycles. The van der Waals surface area contributed by atoms with E-state index < -0.39 is 6.03 Å². The third kappa shape index (κ3) is 3.71. The van der Waals surface area contributed by atoms with Crippen LogP contribution in [0.1, 0.15) is 17.4 Å². The summed E-state index contributed by atoms with van der Waals surface area (Å²) in [5, 5.41) is 7.04. The van der Waals surface area contributed by atoms with Crippen LogP contribution in [0, 0.1) is 0 Å². The Kier molecular flexibility index (Phi) is 4.62. The SMILES string of the molecule is C[C@H]1Cc2ccccc2N1CC(=O)NC(=O)NCc1cccs1. The molecule has 3 amide bonds. The molecule has 120 valence electrons. The molecular formula is C17H19N3O2S. The Morgan fingerprint density at radius 2 is 2.09 bits per heavy atom. The number of anilines is 1. The number of urea groups is 1. The molecule has 5 nitrogen and oxygen atoms in total. The summed E-state index contributed by atoms with van der Waals surface area (Å²) in [5.41, 5.74) is 2.32. The predicted octanol–water partition coefficient (Wildman–Crippen LogP) is 2.53. The van der Waals surface area contributed by atoms with Crippen LogP contribution in [0.5, 0.6) is 0 Å². The monoisotopic (exact) mass is 329 g/mol. The van der Waals surface area contributed by atoms with Crippen molar-refractivity contribution in [3.63, 3.8) is 0 Å². The zero-order valence-electron chi connectivity index (χ0n) is 12.9. The van der Waals surface area contributed by atoms with Crippen LogP contribution in [0.15, 0.2) is 41.8 Å². The Morgan fingerprint density at radius 1 is 1.26 bits per heavy atom. The molecule has 2 heterocycles. The Bertz CT molecular complexity index is 700. The second kappa shape index (κ2) is 6.83. The maximum Gasteiger partial charge on any atom is 0.321 e. The number of para-hydroxylation sites is 1. The van der Waals surface area contributed by atoms with Gasteiger partial charge in [0, 0.05) is 16.6 Å². The van der Waals surface area contributed by atoms with Gasteiger partial charge < -0.3 is 10.2 Å². The van der Waals surface area contributed by atoms with Gasteiger partial charge in [0.15, 0.2) is 0 Å². The molecule has 0 unspecified atom stereocenters. The van der Waals surface area contributed by atoms with E-state index in [1.807, 2.05) is 40.6 Å². The zero-order valence-corrected chi connectivity index (χ0v) is 13.7. The van der Waals surface area contributed by atoms with E-state index in [0.717, 1.165) is 17.0 Å². The predicted molar refractivity (Wildman–Crippen MR) is 91.7 cm³/mol. The van der Waals surface area contributed by atoms with Gasteiger partial charge in [-0.2, -0.15) is 0 Å². The first kappa shape index (κ1) is 15.6. The van der Waals surface area contributed by atoms with Crippen molar-refractivity contribution in [3.8, 4) is 0 Å². The minimum atomic E-state index is -0.455. The summed E-state index contributed by atoms with van der Waals surface area (Å²) in [6, 6.07) is 11.7. The van der Waals surface area contributed by atoms with E-state index in [1.165, 1.54) is 5.56 Å². The number of nitrogens with zero attached hydrogens (tertiary/aromatic N) is 1. The second-order valence-corrected chi connectivity index (χ2v) is 6.65. The standard InChI is InChI=1S/C17H19N3O2S/c1-12-9-13-5-2-3-7-15(13)20(12)11-16(21)19-17(22)18-10-14-6-4-8-23-14/h2-8,12H,9-11H2,1H3,(H2,18,19,21,22)/t12-/m0/s1. The number of fused-ring (bicyclic) bond motifs is 1. The van der Waals surface area contributed by atoms with E-state index in [-0.39, 0.29) is 18.5 Å². The second-order valence-electron chi connectivity index (χ2n) is 5.62. The van der Waals surface area contributed by atoms with E-state index in [9.17, 15) is 9.59 Å². The van der Waals surface area contributed by atoms with Crippen molar-refractivity contribution >= 4 is 29.0 Å². The summed E-state index contributed by atoms with van der Waals surface area (Å²) in [6.45, 7) is 2.70. The van der Waals surface area contributed by atoms with Crippen LogP contribution < -0.4 is 15.5 Å². The van der Waals surface area contributed by atoms with Gasteiger partial charge in [-0.1, -0.05) is 24.3 Å². The third-order valence-electron chi connectivity index (χ3n) is 3.92. The van der Waals surface area contributed by atoms with Gasteiger partial charge in [0.2, 0.25) is 5.91 Å². The molecule has 23 heavy (non-hydrogen) atoms. The highest BCUT2D eigenvalue weighted by molar-refractivity contribution is 7.09. The molecule has 0 spiro atoms. The first-order valence-electron chi connectivity index (χ1n) is 7.58. The minimum absolute atomic E-state index is 0.185. The summed E-state index contributed by atoms with van der Waals surface area (Å²) >= 11 is 1.57. The number of carbonyl (C=O) groups excluding carboxylic acids is 2. The number of carbonyl (C=O) groups is 2. The molecule has 1 aliphatic rings. The van der Waals surface area contributed by atoms with Crippen molar-refractivity contribution in [1.82, 2.24) is 10.6 Å². The van der Waals surface area contributed by atoms with E-state index >= 15 is 0 Å². The Hall–Kier alpha value is -2.34. The van der Waals surface area contributed by atoms with Crippen LogP contribution in [0.4, 0.5) is 10.5 Å². The molecule has 2 N–H and O–H groups in total. The van der Waals surface area contributed by atoms with Crippen LogP contribution in [0.25, 0.3) is 0 Å². The fourth-order valence-corrected chi connectivity index (χ4v) is 3.46. The number of rotatable bonds is 4. The van der Waals surface area contributed by atoms with Crippen molar-refractivity contribution in [2.24, 2.45) is 0 Å². The molecule has 1 atom stereocenters. The highest BCUT2D eigenvalue weighted by Crippen LogP contribution is 2.31. The number of hydrogen-bond acceptors (Lipinski definition) is 4. The summed E-state index contributed by atoms with van der Waals surface area (Å²) in [4.78, 5) is 27.0. The summed E-state index contributed by atoms with van der Waals surface area (Å²) in [5.74, 6) is -0.294. The topological polar surface area (TPSA) is 61.4 Å². The number of benzene rings is 1. The van der Waals surface area contributed by atoms with Gasteiger partial charge in [-0.15, -0.1) is 11.3 Å². The van der Waals surface area contributed by atoms with Gasteiger partial charge >= 0.3 is 6.03 Å². The lowest BCUT2D eigenvalue weighted by molar-refractivity contribution is -0.118. The van der Waals surface area contributed by atoms with E-state index in [2.05, 4.69) is 23.6 Å². The minimum Gasteiger partial charge on any atom is -0.359 e. The van der Waals surface area contributed by atoms with E-state index in [1.54, 1.807) is 11.3 Å². The first-order valence-corrected chi connectivity index (χ1v) is 8.46. The summed E-state index contributed by atoms with van der Waals surface area (Å²) in [6.07, 6.45) is 0.925. The number of nitrogens with one attached hydrogen (secondary N) is 2. The average Bonchev–Trinajstić information content (AvgIpc) is 3.14.